The zero-order valence-electron chi connectivity index (χ0n) is 18.7. The second-order valence-electron chi connectivity index (χ2n) is 8.59. The molecule has 3 unspecified atom stereocenters. The second-order valence-corrected chi connectivity index (χ2v) is 10.9. The molecule has 3 atom stereocenters. The molecule has 1 aliphatic rings. The van der Waals surface area contributed by atoms with Gasteiger partial charge in [-0.15, -0.1) is 23.1 Å². The highest BCUT2D eigenvalue weighted by Gasteiger charge is 2.51. The first-order valence-corrected chi connectivity index (χ1v) is 13.2. The fourth-order valence-corrected chi connectivity index (χ4v) is 7.34. The van der Waals surface area contributed by atoms with Gasteiger partial charge in [-0.1, -0.05) is 91.0 Å². The summed E-state index contributed by atoms with van der Waals surface area (Å²) in [6, 6.07) is 34.7. The van der Waals surface area contributed by atoms with E-state index in [1.54, 1.807) is 23.1 Å². The van der Waals surface area contributed by atoms with Gasteiger partial charge in [0.15, 0.2) is 0 Å². The number of hydrogen-bond donors (Lipinski definition) is 2. The minimum atomic E-state index is -1.03. The van der Waals surface area contributed by atoms with E-state index in [0.29, 0.717) is 5.76 Å². The normalized spacial score (nSPS) is 18.7. The molecule has 2 N–H and O–H groups in total. The van der Waals surface area contributed by atoms with Crippen molar-refractivity contribution in [2.45, 2.75) is 16.2 Å². The average molecular weight is 498 g/mol. The standard InChI is InChI=1S/C29H23NO3S2/c31-26(23-18-24-22(33-23)16-17-34-24)25-27(32)30-28(25)35-29(19-10-4-1-5-11-19,20-12-6-2-7-13-20)21-14-8-3-9-15-21/h1-18,25-26,28,31H,(H,30,32). The lowest BCUT2D eigenvalue weighted by Gasteiger charge is -2.45. The smallest absolute Gasteiger partial charge is 0.230 e. The number of β-lactam (4-membered cyclic amide) rings is 1. The highest BCUT2D eigenvalue weighted by Crippen LogP contribution is 2.53. The van der Waals surface area contributed by atoms with Crippen molar-refractivity contribution < 1.29 is 14.3 Å². The number of hydrogen-bond acceptors (Lipinski definition) is 5. The lowest BCUT2D eigenvalue weighted by Crippen LogP contribution is -2.59. The molecule has 0 radical (unpaired) electrons. The topological polar surface area (TPSA) is 62.5 Å². The summed E-state index contributed by atoms with van der Waals surface area (Å²) >= 11 is 3.21. The Morgan fingerprint density at radius 2 is 1.40 bits per heavy atom. The number of thioether (sulfide) groups is 1. The molecule has 3 heterocycles. The SMILES string of the molecule is O=C1NC(SC(c2ccccc2)(c2ccccc2)c2ccccc2)C1C(O)c1cc2sccc2o1. The number of nitrogens with one attached hydrogen (secondary N) is 1. The van der Waals surface area contributed by atoms with Gasteiger partial charge in [0, 0.05) is 6.07 Å². The predicted molar refractivity (Wildman–Crippen MR) is 141 cm³/mol. The maximum atomic E-state index is 12.8. The van der Waals surface area contributed by atoms with Crippen LogP contribution in [0.15, 0.2) is 113 Å². The number of fused-ring (bicyclic) bond motifs is 1. The van der Waals surface area contributed by atoms with Crippen LogP contribution in [0.1, 0.15) is 28.6 Å². The third-order valence-electron chi connectivity index (χ3n) is 6.55. The minimum absolute atomic E-state index is 0.169. The van der Waals surface area contributed by atoms with Crippen LogP contribution in [0.3, 0.4) is 0 Å². The summed E-state index contributed by atoms with van der Waals surface area (Å²) in [5, 5.41) is 15.9. The molecule has 0 bridgehead atoms. The summed E-state index contributed by atoms with van der Waals surface area (Å²) in [5.41, 5.74) is 4.06. The van der Waals surface area contributed by atoms with Crippen LogP contribution in [-0.2, 0) is 9.54 Å². The van der Waals surface area contributed by atoms with Crippen molar-refractivity contribution in [3.8, 4) is 0 Å². The Kier molecular flexibility index (Phi) is 5.72. The lowest BCUT2D eigenvalue weighted by atomic mass is 9.84. The van der Waals surface area contributed by atoms with Crippen LogP contribution in [0.4, 0.5) is 0 Å². The van der Waals surface area contributed by atoms with Crippen molar-refractivity contribution in [1.82, 2.24) is 5.32 Å². The molecule has 5 aromatic rings. The van der Waals surface area contributed by atoms with E-state index in [1.807, 2.05) is 72.1 Å². The van der Waals surface area contributed by atoms with E-state index in [-0.39, 0.29) is 11.3 Å². The van der Waals surface area contributed by atoms with Gasteiger partial charge < -0.3 is 14.8 Å². The summed E-state index contributed by atoms with van der Waals surface area (Å²) in [7, 11) is 0. The van der Waals surface area contributed by atoms with Gasteiger partial charge in [-0.25, -0.2) is 0 Å². The van der Waals surface area contributed by atoms with E-state index in [1.165, 1.54) is 0 Å². The molecule has 6 heteroatoms. The predicted octanol–water partition coefficient (Wildman–Crippen LogP) is 6.33. The summed E-state index contributed by atoms with van der Waals surface area (Å²) in [4.78, 5) is 12.8. The maximum Gasteiger partial charge on any atom is 0.230 e. The van der Waals surface area contributed by atoms with Gasteiger partial charge in [0.05, 0.1) is 14.8 Å². The molecule has 2 aromatic heterocycles. The number of carbonyl (C=O) groups excluding carboxylic acids is 1. The highest BCUT2D eigenvalue weighted by atomic mass is 32.2. The molecule has 1 aliphatic heterocycles. The van der Waals surface area contributed by atoms with E-state index in [0.717, 1.165) is 27.0 Å². The third kappa shape index (κ3) is 3.78. The first kappa shape index (κ1) is 22.2. The Morgan fingerprint density at radius 3 is 1.89 bits per heavy atom. The number of aliphatic hydroxyl groups excluding tert-OH is 1. The van der Waals surface area contributed by atoms with Crippen molar-refractivity contribution >= 4 is 39.3 Å². The quantitative estimate of drug-likeness (QED) is 0.204. The van der Waals surface area contributed by atoms with Crippen molar-refractivity contribution in [2.24, 2.45) is 5.92 Å². The summed E-state index contributed by atoms with van der Waals surface area (Å²) in [5.74, 6) is -0.365. The van der Waals surface area contributed by atoms with Gasteiger partial charge >= 0.3 is 0 Å². The van der Waals surface area contributed by atoms with Crippen molar-refractivity contribution in [3.05, 3.63) is 131 Å². The highest BCUT2D eigenvalue weighted by molar-refractivity contribution is 8.01. The molecule has 4 nitrogen and oxygen atoms in total. The fraction of sp³-hybridized carbons (Fsp3) is 0.138. The number of rotatable bonds is 7. The van der Waals surface area contributed by atoms with Gasteiger partial charge in [0.1, 0.15) is 23.4 Å². The van der Waals surface area contributed by atoms with Gasteiger partial charge in [-0.3, -0.25) is 4.79 Å². The molecular weight excluding hydrogens is 474 g/mol. The summed E-state index contributed by atoms with van der Waals surface area (Å²) in [6.45, 7) is 0. The monoisotopic (exact) mass is 497 g/mol. The first-order chi connectivity index (χ1) is 17.2. The molecule has 0 spiro atoms. The van der Waals surface area contributed by atoms with Crippen molar-refractivity contribution in [1.29, 1.82) is 0 Å². The Hall–Kier alpha value is -3.32. The molecule has 3 aromatic carbocycles. The Morgan fingerprint density at radius 1 is 0.857 bits per heavy atom. The van der Waals surface area contributed by atoms with Crippen LogP contribution >= 0.6 is 23.1 Å². The van der Waals surface area contributed by atoms with Crippen LogP contribution in [0, 0.1) is 5.92 Å². The number of amides is 1. The Bertz CT molecular complexity index is 1320. The molecular formula is C29H23NO3S2. The van der Waals surface area contributed by atoms with E-state index in [4.69, 9.17) is 4.42 Å². The third-order valence-corrected chi connectivity index (χ3v) is 9.12. The van der Waals surface area contributed by atoms with Crippen LogP contribution in [0.25, 0.3) is 10.3 Å². The molecule has 1 amide bonds. The first-order valence-electron chi connectivity index (χ1n) is 11.5. The molecule has 174 valence electrons. The Balaban J connectivity index is 1.44. The zero-order valence-corrected chi connectivity index (χ0v) is 20.3. The average Bonchev–Trinajstić information content (AvgIpc) is 3.51. The fourth-order valence-electron chi connectivity index (χ4n) is 4.80. The van der Waals surface area contributed by atoms with Crippen molar-refractivity contribution in [2.75, 3.05) is 0 Å². The van der Waals surface area contributed by atoms with E-state index in [2.05, 4.69) is 41.7 Å². The van der Waals surface area contributed by atoms with Crippen LogP contribution in [0.5, 0.6) is 0 Å². The minimum Gasteiger partial charge on any atom is -0.457 e. The number of aliphatic hydroxyl groups is 1. The lowest BCUT2D eigenvalue weighted by molar-refractivity contribution is -0.138. The van der Waals surface area contributed by atoms with E-state index < -0.39 is 16.8 Å². The molecule has 0 saturated carbocycles. The molecule has 1 saturated heterocycles. The summed E-state index contributed by atoms with van der Waals surface area (Å²) in [6.07, 6.45) is -1.03. The number of benzene rings is 3. The van der Waals surface area contributed by atoms with E-state index in [9.17, 15) is 9.90 Å². The van der Waals surface area contributed by atoms with Gasteiger partial charge in [-0.05, 0) is 28.1 Å². The van der Waals surface area contributed by atoms with Gasteiger partial charge in [0.25, 0.3) is 0 Å². The maximum absolute atomic E-state index is 12.8. The van der Waals surface area contributed by atoms with Crippen LogP contribution < -0.4 is 5.32 Å². The number of furan rings is 1. The van der Waals surface area contributed by atoms with Crippen LogP contribution in [-0.4, -0.2) is 16.4 Å². The summed E-state index contributed by atoms with van der Waals surface area (Å²) < 4.78 is 6.25. The second kappa shape index (κ2) is 9.04. The van der Waals surface area contributed by atoms with Gasteiger partial charge in [-0.2, -0.15) is 0 Å². The van der Waals surface area contributed by atoms with Gasteiger partial charge in [0.2, 0.25) is 5.91 Å². The Labute approximate surface area is 211 Å². The molecule has 6 rings (SSSR count). The number of carbonyl (C=O) groups is 1. The largest absolute Gasteiger partial charge is 0.457 e. The van der Waals surface area contributed by atoms with Crippen molar-refractivity contribution in [3.63, 3.8) is 0 Å². The molecule has 1 fully saturated rings. The molecule has 35 heavy (non-hydrogen) atoms. The molecule has 0 aliphatic carbocycles. The van der Waals surface area contributed by atoms with E-state index >= 15 is 0 Å². The van der Waals surface area contributed by atoms with Crippen LogP contribution in [0.2, 0.25) is 0 Å². The number of thiophene rings is 1. The zero-order chi connectivity index (χ0) is 23.8.